The Bertz CT molecular complexity index is 585. The number of carboxylic acids is 1. The highest BCUT2D eigenvalue weighted by Gasteiger charge is 2.25. The van der Waals surface area contributed by atoms with Crippen LogP contribution in [0.1, 0.15) is 40.4 Å². The van der Waals surface area contributed by atoms with E-state index in [2.05, 4.69) is 11.2 Å². The second-order valence-corrected chi connectivity index (χ2v) is 4.72. The molecule has 1 fully saturated rings. The largest absolute Gasteiger partial charge is 0.478 e. The third-order valence-electron chi connectivity index (χ3n) is 3.18. The normalized spacial score (nSPS) is 14.7. The quantitative estimate of drug-likeness (QED) is 0.896. The monoisotopic (exact) mass is 242 g/mol. The lowest BCUT2D eigenvalue weighted by atomic mass is 10.1. The molecule has 92 valence electrons. The first kappa shape index (κ1) is 11.0. The average molecular weight is 242 g/mol. The van der Waals surface area contributed by atoms with E-state index >= 15 is 0 Å². The summed E-state index contributed by atoms with van der Waals surface area (Å²) in [5.74, 6) is -0.243. The van der Waals surface area contributed by atoms with Crippen LogP contribution >= 0.6 is 0 Å². The van der Waals surface area contributed by atoms with E-state index in [1.807, 2.05) is 16.9 Å². The summed E-state index contributed by atoms with van der Waals surface area (Å²) in [6.07, 6.45) is 4.44. The Balaban J connectivity index is 1.78. The number of benzene rings is 1. The molecule has 2 aromatic rings. The van der Waals surface area contributed by atoms with Crippen molar-refractivity contribution in [3.05, 3.63) is 53.3 Å². The zero-order valence-corrected chi connectivity index (χ0v) is 9.91. The van der Waals surface area contributed by atoms with Crippen molar-refractivity contribution in [2.45, 2.75) is 25.3 Å². The number of rotatable bonds is 4. The molecule has 0 bridgehead atoms. The van der Waals surface area contributed by atoms with Crippen molar-refractivity contribution in [3.8, 4) is 0 Å². The molecule has 1 saturated carbocycles. The van der Waals surface area contributed by atoms with Gasteiger partial charge in [0.05, 0.1) is 17.8 Å². The molecule has 1 N–H and O–H groups in total. The van der Waals surface area contributed by atoms with Crippen LogP contribution in [0.2, 0.25) is 0 Å². The lowest BCUT2D eigenvalue weighted by molar-refractivity contribution is 0.0696. The van der Waals surface area contributed by atoms with Crippen molar-refractivity contribution >= 4 is 5.97 Å². The summed E-state index contributed by atoms with van der Waals surface area (Å²) in [6.45, 7) is 0.619. The van der Waals surface area contributed by atoms with Gasteiger partial charge in [-0.1, -0.05) is 12.1 Å². The number of carbonyl (C=O) groups is 1. The van der Waals surface area contributed by atoms with Crippen molar-refractivity contribution < 1.29 is 9.90 Å². The van der Waals surface area contributed by atoms with E-state index in [1.165, 1.54) is 12.8 Å². The molecule has 1 aromatic carbocycles. The molecule has 0 aliphatic heterocycles. The van der Waals surface area contributed by atoms with E-state index in [0.29, 0.717) is 18.0 Å². The molecule has 1 aromatic heterocycles. The van der Waals surface area contributed by atoms with Gasteiger partial charge >= 0.3 is 5.97 Å². The molecule has 0 saturated heterocycles. The topological polar surface area (TPSA) is 55.1 Å². The Labute approximate surface area is 105 Å². The fourth-order valence-corrected chi connectivity index (χ4v) is 2.05. The minimum absolute atomic E-state index is 0.321. The minimum atomic E-state index is -0.893. The number of nitrogens with zero attached hydrogens (tertiary/aromatic N) is 2. The SMILES string of the molecule is O=C(O)c1cccc(Cn2ccc(C3CC3)n2)c1. The number of aromatic nitrogens is 2. The predicted octanol–water partition coefficient (Wildman–Crippen LogP) is 2.51. The summed E-state index contributed by atoms with van der Waals surface area (Å²) >= 11 is 0. The van der Waals surface area contributed by atoms with E-state index in [9.17, 15) is 4.79 Å². The summed E-state index contributed by atoms with van der Waals surface area (Å²) in [5, 5.41) is 13.4. The Kier molecular flexibility index (Phi) is 2.63. The van der Waals surface area contributed by atoms with Crippen molar-refractivity contribution in [3.63, 3.8) is 0 Å². The van der Waals surface area contributed by atoms with Crippen LogP contribution in [0.15, 0.2) is 36.5 Å². The second kappa shape index (κ2) is 4.29. The van der Waals surface area contributed by atoms with Crippen LogP contribution in [-0.4, -0.2) is 20.9 Å². The van der Waals surface area contributed by atoms with Gasteiger partial charge < -0.3 is 5.11 Å². The van der Waals surface area contributed by atoms with Crippen LogP contribution in [0, 0.1) is 0 Å². The Morgan fingerprint density at radius 3 is 2.94 bits per heavy atom. The fourth-order valence-electron chi connectivity index (χ4n) is 2.05. The van der Waals surface area contributed by atoms with E-state index in [0.717, 1.165) is 11.3 Å². The average Bonchev–Trinajstić information content (AvgIpc) is 3.11. The van der Waals surface area contributed by atoms with Gasteiger partial charge in [0.25, 0.3) is 0 Å². The molecule has 0 atom stereocenters. The number of aromatic carboxylic acids is 1. The molecule has 18 heavy (non-hydrogen) atoms. The molecule has 4 heteroatoms. The molecular weight excluding hydrogens is 228 g/mol. The molecule has 0 amide bonds. The third-order valence-corrected chi connectivity index (χ3v) is 3.18. The molecule has 1 aliphatic carbocycles. The van der Waals surface area contributed by atoms with Crippen LogP contribution in [0.25, 0.3) is 0 Å². The maximum Gasteiger partial charge on any atom is 0.335 e. The molecule has 0 spiro atoms. The van der Waals surface area contributed by atoms with Gasteiger partial charge in [0.15, 0.2) is 0 Å². The Morgan fingerprint density at radius 2 is 2.22 bits per heavy atom. The lowest BCUT2D eigenvalue weighted by Crippen LogP contribution is -2.03. The molecule has 4 nitrogen and oxygen atoms in total. The van der Waals surface area contributed by atoms with E-state index in [-0.39, 0.29) is 0 Å². The highest BCUT2D eigenvalue weighted by molar-refractivity contribution is 5.87. The summed E-state index contributed by atoms with van der Waals surface area (Å²) in [6, 6.07) is 9.04. The fraction of sp³-hybridized carbons (Fsp3) is 0.286. The maximum absolute atomic E-state index is 10.9. The van der Waals surface area contributed by atoms with Gasteiger partial charge in [-0.05, 0) is 36.6 Å². The first-order chi connectivity index (χ1) is 8.72. The Hall–Kier alpha value is -2.10. The van der Waals surface area contributed by atoms with Crippen molar-refractivity contribution in [1.82, 2.24) is 9.78 Å². The van der Waals surface area contributed by atoms with Crippen LogP contribution in [0.4, 0.5) is 0 Å². The van der Waals surface area contributed by atoms with Crippen molar-refractivity contribution in [1.29, 1.82) is 0 Å². The summed E-state index contributed by atoms with van der Waals surface area (Å²) in [4.78, 5) is 10.9. The first-order valence-electron chi connectivity index (χ1n) is 6.08. The molecule has 0 unspecified atom stereocenters. The minimum Gasteiger partial charge on any atom is -0.478 e. The van der Waals surface area contributed by atoms with Crippen LogP contribution < -0.4 is 0 Å². The highest BCUT2D eigenvalue weighted by atomic mass is 16.4. The molecule has 1 heterocycles. The van der Waals surface area contributed by atoms with Gasteiger partial charge in [0.2, 0.25) is 0 Å². The van der Waals surface area contributed by atoms with Crippen LogP contribution in [0.5, 0.6) is 0 Å². The van der Waals surface area contributed by atoms with Gasteiger partial charge in [0.1, 0.15) is 0 Å². The lowest BCUT2D eigenvalue weighted by Gasteiger charge is -2.03. The van der Waals surface area contributed by atoms with Gasteiger partial charge in [-0.15, -0.1) is 0 Å². The maximum atomic E-state index is 10.9. The van der Waals surface area contributed by atoms with E-state index < -0.39 is 5.97 Å². The summed E-state index contributed by atoms with van der Waals surface area (Å²) in [5.41, 5.74) is 2.44. The van der Waals surface area contributed by atoms with Crippen molar-refractivity contribution in [2.24, 2.45) is 0 Å². The molecule has 1 aliphatic rings. The highest BCUT2D eigenvalue weighted by Crippen LogP contribution is 2.38. The smallest absolute Gasteiger partial charge is 0.335 e. The van der Waals surface area contributed by atoms with Crippen LogP contribution in [0.3, 0.4) is 0 Å². The number of carboxylic acid groups (broad SMARTS) is 1. The van der Waals surface area contributed by atoms with E-state index in [4.69, 9.17) is 5.11 Å². The molecular formula is C14H14N2O2. The van der Waals surface area contributed by atoms with Gasteiger partial charge in [-0.3, -0.25) is 4.68 Å². The van der Waals surface area contributed by atoms with Crippen molar-refractivity contribution in [2.75, 3.05) is 0 Å². The third kappa shape index (κ3) is 2.27. The zero-order valence-electron chi connectivity index (χ0n) is 9.91. The van der Waals surface area contributed by atoms with Gasteiger partial charge in [-0.2, -0.15) is 5.10 Å². The second-order valence-electron chi connectivity index (χ2n) is 4.72. The van der Waals surface area contributed by atoms with E-state index in [1.54, 1.807) is 18.2 Å². The van der Waals surface area contributed by atoms with Gasteiger partial charge in [-0.25, -0.2) is 4.79 Å². The molecule has 3 rings (SSSR count). The molecule has 0 radical (unpaired) electrons. The predicted molar refractivity (Wildman–Crippen MR) is 66.7 cm³/mol. The number of hydrogen-bond donors (Lipinski definition) is 1. The van der Waals surface area contributed by atoms with Crippen LogP contribution in [-0.2, 0) is 6.54 Å². The first-order valence-corrected chi connectivity index (χ1v) is 6.08. The Morgan fingerprint density at radius 1 is 1.39 bits per heavy atom. The summed E-state index contributed by atoms with van der Waals surface area (Å²) in [7, 11) is 0. The van der Waals surface area contributed by atoms with Gasteiger partial charge in [0, 0.05) is 12.1 Å². The standard InChI is InChI=1S/C14H14N2O2/c17-14(18)12-3-1-2-10(8-12)9-16-7-6-13(15-16)11-4-5-11/h1-3,6-8,11H,4-5,9H2,(H,17,18). The summed E-state index contributed by atoms with van der Waals surface area (Å²) < 4.78 is 1.87. The number of hydrogen-bond acceptors (Lipinski definition) is 2. The zero-order chi connectivity index (χ0) is 12.5.